The number of hydrogen-bond donors (Lipinski definition) is 0. The first-order valence-electron chi connectivity index (χ1n) is 14.3. The third-order valence-corrected chi connectivity index (χ3v) is 9.98. The lowest BCUT2D eigenvalue weighted by Gasteiger charge is -2.35. The van der Waals surface area contributed by atoms with E-state index in [1.54, 1.807) is 30.2 Å². The molecule has 2 fully saturated rings. The Morgan fingerprint density at radius 3 is 2.26 bits per heavy atom. The predicted molar refractivity (Wildman–Crippen MR) is 153 cm³/mol. The van der Waals surface area contributed by atoms with E-state index in [-0.39, 0.29) is 41.9 Å². The summed E-state index contributed by atoms with van der Waals surface area (Å²) in [5.41, 5.74) is -1.37. The number of imide groups is 1. The summed E-state index contributed by atoms with van der Waals surface area (Å²) >= 11 is 0. The first-order valence-corrected chi connectivity index (χ1v) is 18.0. The standard InChI is InChI=1S/C28H46N4O6Si/c1-8-9-14-29-20(2)23(18-33)24(34)32(27(29)37)22-12-10-21(11-13-22)17-31-26(36)30(25(35)28(31,3)4)19-38-15-16-39(5,6)7/h18,21-22H,8-17,19H2,1-7H3. The molecule has 3 rings (SSSR count). The molecule has 11 heteroatoms. The van der Waals surface area contributed by atoms with Crippen molar-refractivity contribution in [2.45, 2.75) is 110 Å². The Hall–Kier alpha value is -2.53. The van der Waals surface area contributed by atoms with Gasteiger partial charge in [-0.2, -0.15) is 0 Å². The minimum atomic E-state index is -1.28. The van der Waals surface area contributed by atoms with Crippen LogP contribution in [0.1, 0.15) is 81.4 Å². The van der Waals surface area contributed by atoms with Crippen molar-refractivity contribution < 1.29 is 19.1 Å². The molecule has 3 amide bonds. The lowest BCUT2D eigenvalue weighted by Crippen LogP contribution is -2.48. The van der Waals surface area contributed by atoms with Crippen LogP contribution in [0, 0.1) is 12.8 Å². The van der Waals surface area contributed by atoms with Crippen LogP contribution in [0.5, 0.6) is 0 Å². The van der Waals surface area contributed by atoms with Crippen LogP contribution < -0.4 is 11.2 Å². The van der Waals surface area contributed by atoms with Gasteiger partial charge in [0.1, 0.15) is 12.3 Å². The first-order chi connectivity index (χ1) is 18.2. The van der Waals surface area contributed by atoms with E-state index in [1.807, 2.05) is 6.92 Å². The van der Waals surface area contributed by atoms with E-state index in [2.05, 4.69) is 19.6 Å². The van der Waals surface area contributed by atoms with Crippen molar-refractivity contribution in [3.05, 3.63) is 32.1 Å². The molecule has 1 aliphatic carbocycles. The second-order valence-electron chi connectivity index (χ2n) is 12.8. The molecule has 0 aromatic carbocycles. The summed E-state index contributed by atoms with van der Waals surface area (Å²) in [5.74, 6) is -0.117. The van der Waals surface area contributed by atoms with E-state index in [4.69, 9.17) is 4.74 Å². The Kier molecular flexibility index (Phi) is 9.80. The van der Waals surface area contributed by atoms with Crippen LogP contribution in [0.2, 0.25) is 25.7 Å². The van der Waals surface area contributed by atoms with Gasteiger partial charge in [0.2, 0.25) is 0 Å². The van der Waals surface area contributed by atoms with Gasteiger partial charge in [0.05, 0.1) is 5.56 Å². The maximum Gasteiger partial charge on any atom is 0.331 e. The van der Waals surface area contributed by atoms with E-state index < -0.39 is 19.2 Å². The van der Waals surface area contributed by atoms with Gasteiger partial charge in [0, 0.05) is 39.5 Å². The Balaban J connectivity index is 1.69. The Bertz CT molecular complexity index is 1190. The van der Waals surface area contributed by atoms with Gasteiger partial charge in [0.25, 0.3) is 11.5 Å². The van der Waals surface area contributed by atoms with Crippen LogP contribution in [0.15, 0.2) is 9.59 Å². The highest BCUT2D eigenvalue weighted by Gasteiger charge is 2.51. The van der Waals surface area contributed by atoms with Crippen molar-refractivity contribution in [2.24, 2.45) is 5.92 Å². The van der Waals surface area contributed by atoms with Crippen molar-refractivity contribution >= 4 is 26.3 Å². The highest BCUT2D eigenvalue weighted by Crippen LogP contribution is 2.35. The number of rotatable bonds is 12. The molecule has 39 heavy (non-hydrogen) atoms. The molecule has 0 bridgehead atoms. The van der Waals surface area contributed by atoms with Crippen molar-refractivity contribution in [3.8, 4) is 0 Å². The zero-order valence-corrected chi connectivity index (χ0v) is 25.7. The van der Waals surface area contributed by atoms with Gasteiger partial charge in [-0.3, -0.25) is 23.5 Å². The van der Waals surface area contributed by atoms with Gasteiger partial charge in [0.15, 0.2) is 6.29 Å². The fourth-order valence-corrected chi connectivity index (χ4v) is 6.30. The smallest absolute Gasteiger partial charge is 0.331 e. The minimum absolute atomic E-state index is 0.0332. The maximum absolute atomic E-state index is 13.3. The normalized spacial score (nSPS) is 21.6. The topological polar surface area (TPSA) is 111 Å². The number of ether oxygens (including phenoxy) is 1. The molecule has 1 saturated carbocycles. The average Bonchev–Trinajstić information content (AvgIpc) is 3.01. The number of carbonyl (C=O) groups excluding carboxylic acids is 3. The predicted octanol–water partition coefficient (Wildman–Crippen LogP) is 4.02. The second-order valence-corrected chi connectivity index (χ2v) is 18.4. The van der Waals surface area contributed by atoms with Crippen molar-refractivity contribution in [3.63, 3.8) is 0 Å². The molecule has 1 aromatic heterocycles. The third kappa shape index (κ3) is 6.62. The molecule has 0 spiro atoms. The van der Waals surface area contributed by atoms with E-state index >= 15 is 0 Å². The number of nitrogens with zero attached hydrogens (tertiary/aromatic N) is 4. The summed E-state index contributed by atoms with van der Waals surface area (Å²) in [4.78, 5) is 67.3. The van der Waals surface area contributed by atoms with Gasteiger partial charge in [-0.05, 0) is 64.8 Å². The number of hydrogen-bond acceptors (Lipinski definition) is 6. The molecular formula is C28H46N4O6Si. The van der Waals surface area contributed by atoms with Gasteiger partial charge >= 0.3 is 11.7 Å². The number of aromatic nitrogens is 2. The SMILES string of the molecule is CCCCn1c(C)c(C=O)c(=O)n(C2CCC(CN3C(=O)N(COCC[Si](C)(C)C)C(=O)C3(C)C)CC2)c1=O. The summed E-state index contributed by atoms with van der Waals surface area (Å²) in [7, 11) is -1.28. The van der Waals surface area contributed by atoms with Crippen molar-refractivity contribution in [1.29, 1.82) is 0 Å². The molecular weight excluding hydrogens is 516 g/mol. The molecule has 0 radical (unpaired) electrons. The van der Waals surface area contributed by atoms with E-state index in [1.165, 1.54) is 9.47 Å². The molecule has 1 aliphatic heterocycles. The zero-order valence-electron chi connectivity index (χ0n) is 24.7. The molecule has 0 unspecified atom stereocenters. The molecule has 2 aliphatic rings. The highest BCUT2D eigenvalue weighted by molar-refractivity contribution is 6.76. The Morgan fingerprint density at radius 2 is 1.69 bits per heavy atom. The van der Waals surface area contributed by atoms with Gasteiger partial charge < -0.3 is 9.64 Å². The lowest BCUT2D eigenvalue weighted by atomic mass is 9.85. The van der Waals surface area contributed by atoms with Crippen LogP contribution in [-0.2, 0) is 16.1 Å². The molecule has 10 nitrogen and oxygen atoms in total. The first kappa shape index (κ1) is 31.0. The number of aldehydes is 1. The Morgan fingerprint density at radius 1 is 1.05 bits per heavy atom. The number of amides is 3. The molecule has 1 aromatic rings. The van der Waals surface area contributed by atoms with Gasteiger partial charge in [-0.1, -0.05) is 33.0 Å². The van der Waals surface area contributed by atoms with Gasteiger partial charge in [-0.15, -0.1) is 0 Å². The van der Waals surface area contributed by atoms with Crippen molar-refractivity contribution in [1.82, 2.24) is 18.9 Å². The fraction of sp³-hybridized carbons (Fsp3) is 0.750. The molecule has 1 saturated heterocycles. The minimum Gasteiger partial charge on any atom is -0.361 e. The number of urea groups is 1. The van der Waals surface area contributed by atoms with Crippen LogP contribution >= 0.6 is 0 Å². The quantitative estimate of drug-likeness (QED) is 0.165. The maximum atomic E-state index is 13.3. The third-order valence-electron chi connectivity index (χ3n) is 8.28. The largest absolute Gasteiger partial charge is 0.361 e. The molecule has 218 valence electrons. The average molecular weight is 563 g/mol. The van der Waals surface area contributed by atoms with E-state index in [0.717, 1.165) is 18.9 Å². The summed E-state index contributed by atoms with van der Waals surface area (Å²) in [5, 5.41) is 0. The molecule has 0 N–H and O–H groups in total. The molecule has 2 heterocycles. The highest BCUT2D eigenvalue weighted by atomic mass is 28.3. The van der Waals surface area contributed by atoms with E-state index in [9.17, 15) is 24.0 Å². The summed E-state index contributed by atoms with van der Waals surface area (Å²) in [6.45, 7) is 15.4. The lowest BCUT2D eigenvalue weighted by molar-refractivity contribution is -0.135. The Labute approximate surface area is 232 Å². The summed E-state index contributed by atoms with van der Waals surface area (Å²) in [6, 6.07) is 0.333. The fourth-order valence-electron chi connectivity index (χ4n) is 5.54. The summed E-state index contributed by atoms with van der Waals surface area (Å²) < 4.78 is 8.54. The van der Waals surface area contributed by atoms with E-state index in [0.29, 0.717) is 57.4 Å². The second kappa shape index (κ2) is 12.3. The van der Waals surface area contributed by atoms with Crippen LogP contribution in [0.4, 0.5) is 4.79 Å². The van der Waals surface area contributed by atoms with Crippen LogP contribution in [0.25, 0.3) is 0 Å². The molecule has 0 atom stereocenters. The monoisotopic (exact) mass is 562 g/mol. The number of unbranched alkanes of at least 4 members (excludes halogenated alkanes) is 1. The zero-order chi connectivity index (χ0) is 29.1. The van der Waals surface area contributed by atoms with Gasteiger partial charge in [-0.25, -0.2) is 14.5 Å². The number of carbonyl (C=O) groups is 3. The van der Waals surface area contributed by atoms with Crippen LogP contribution in [-0.4, -0.2) is 70.7 Å². The van der Waals surface area contributed by atoms with Crippen LogP contribution in [0.3, 0.4) is 0 Å². The summed E-state index contributed by atoms with van der Waals surface area (Å²) in [6.07, 6.45) is 4.82. The van der Waals surface area contributed by atoms with Crippen molar-refractivity contribution in [2.75, 3.05) is 19.9 Å².